The van der Waals surface area contributed by atoms with Gasteiger partial charge in [0.1, 0.15) is 5.76 Å². The van der Waals surface area contributed by atoms with Crippen molar-refractivity contribution in [2.75, 3.05) is 13.3 Å². The summed E-state index contributed by atoms with van der Waals surface area (Å²) < 4.78 is 62.2. The number of amides is 1. The lowest BCUT2D eigenvalue weighted by atomic mass is 10.0. The summed E-state index contributed by atoms with van der Waals surface area (Å²) >= 11 is 0. The zero-order valence-corrected chi connectivity index (χ0v) is 13.8. The summed E-state index contributed by atoms with van der Waals surface area (Å²) in [6.45, 7) is 1.55. The van der Waals surface area contributed by atoms with E-state index in [0.717, 1.165) is 17.3 Å². The Morgan fingerprint density at radius 1 is 1.33 bits per heavy atom. The number of alkyl halides is 3. The van der Waals surface area contributed by atoms with Crippen LogP contribution in [0.2, 0.25) is 0 Å². The second kappa shape index (κ2) is 5.78. The summed E-state index contributed by atoms with van der Waals surface area (Å²) in [6.07, 6.45) is -4.01. The highest BCUT2D eigenvalue weighted by molar-refractivity contribution is 7.90. The van der Waals surface area contributed by atoms with Crippen molar-refractivity contribution in [2.45, 2.75) is 24.0 Å². The highest BCUT2D eigenvalue weighted by atomic mass is 32.2. The molecule has 1 heterocycles. The van der Waals surface area contributed by atoms with Gasteiger partial charge in [-0.2, -0.15) is 13.2 Å². The van der Waals surface area contributed by atoms with Gasteiger partial charge in [0.05, 0.1) is 22.1 Å². The minimum atomic E-state index is -4.74. The van der Waals surface area contributed by atoms with E-state index in [-0.39, 0.29) is 11.1 Å². The normalized spacial score (nSPS) is 21.3. The fraction of sp³-hybridized carbons (Fsp3) is 0.357. The van der Waals surface area contributed by atoms with Crippen molar-refractivity contribution in [1.82, 2.24) is 10.4 Å². The third-order valence-electron chi connectivity index (χ3n) is 3.57. The number of rotatable bonds is 2. The number of sulfone groups is 1. The van der Waals surface area contributed by atoms with Gasteiger partial charge in [-0.15, -0.1) is 0 Å². The summed E-state index contributed by atoms with van der Waals surface area (Å²) in [6, 6.07) is 1.32. The number of likely N-dealkylation sites (N-methyl/N-ethyl adjacent to an activating group) is 1. The van der Waals surface area contributed by atoms with Crippen molar-refractivity contribution in [3.05, 3.63) is 34.9 Å². The standard InChI is InChI=1S/C14H15F3N2O4S/c1-7-11(13(21)19(2)18-7)12(20)9-5-4-8(14(15,16)17)6-10(9)24(3,22)23/h4-7,18,20H,1-3H3. The van der Waals surface area contributed by atoms with Crippen LogP contribution in [0.4, 0.5) is 13.2 Å². The Kier molecular flexibility index (Phi) is 4.40. The topological polar surface area (TPSA) is 86.7 Å². The monoisotopic (exact) mass is 364 g/mol. The summed E-state index contributed by atoms with van der Waals surface area (Å²) in [5.41, 5.74) is 1.06. The predicted octanol–water partition coefficient (Wildman–Crippen LogP) is 1.74. The maximum absolute atomic E-state index is 12.8. The Morgan fingerprint density at radius 3 is 2.33 bits per heavy atom. The van der Waals surface area contributed by atoms with Crippen LogP contribution in [-0.2, 0) is 20.8 Å². The molecule has 2 N–H and O–H groups in total. The Balaban J connectivity index is 2.73. The first-order chi connectivity index (χ1) is 10.8. The molecule has 0 saturated carbocycles. The minimum absolute atomic E-state index is 0.123. The van der Waals surface area contributed by atoms with Crippen molar-refractivity contribution in [3.63, 3.8) is 0 Å². The molecule has 1 saturated heterocycles. The number of aliphatic hydroxyl groups excluding tert-OH is 1. The van der Waals surface area contributed by atoms with E-state index in [2.05, 4.69) is 5.43 Å². The van der Waals surface area contributed by atoms with Crippen molar-refractivity contribution < 1.29 is 31.5 Å². The van der Waals surface area contributed by atoms with E-state index < -0.39 is 44.2 Å². The molecule has 6 nitrogen and oxygen atoms in total. The molecule has 1 aromatic rings. The molecule has 1 atom stereocenters. The number of aliphatic hydroxyl groups is 1. The number of nitrogens with one attached hydrogen (secondary N) is 1. The lowest BCUT2D eigenvalue weighted by molar-refractivity contribution is -0.137. The average molecular weight is 364 g/mol. The molecule has 2 rings (SSSR count). The lowest BCUT2D eigenvalue weighted by Gasteiger charge is -2.14. The molecule has 1 aromatic carbocycles. The van der Waals surface area contributed by atoms with E-state index in [1.54, 1.807) is 6.92 Å². The summed E-state index contributed by atoms with van der Waals surface area (Å²) in [5.74, 6) is -1.27. The van der Waals surface area contributed by atoms with Gasteiger partial charge in [0.25, 0.3) is 5.91 Å². The van der Waals surface area contributed by atoms with E-state index in [1.165, 1.54) is 7.05 Å². The molecule has 1 fully saturated rings. The number of hydrazine groups is 1. The number of nitrogens with zero attached hydrogens (tertiary/aromatic N) is 1. The van der Waals surface area contributed by atoms with E-state index in [0.29, 0.717) is 12.1 Å². The van der Waals surface area contributed by atoms with Crippen molar-refractivity contribution in [2.24, 2.45) is 0 Å². The van der Waals surface area contributed by atoms with Gasteiger partial charge in [-0.25, -0.2) is 13.8 Å². The van der Waals surface area contributed by atoms with Crippen LogP contribution >= 0.6 is 0 Å². The van der Waals surface area contributed by atoms with E-state index >= 15 is 0 Å². The molecule has 1 unspecified atom stereocenters. The van der Waals surface area contributed by atoms with Crippen LogP contribution in [0.5, 0.6) is 0 Å². The Labute approximate surface area is 136 Å². The quantitative estimate of drug-likeness (QED) is 0.617. The van der Waals surface area contributed by atoms with Gasteiger partial charge < -0.3 is 5.11 Å². The van der Waals surface area contributed by atoms with Crippen LogP contribution in [0.1, 0.15) is 18.1 Å². The molecular formula is C14H15F3N2O4S. The molecule has 1 amide bonds. The first-order valence-electron chi connectivity index (χ1n) is 6.73. The molecule has 0 radical (unpaired) electrons. The van der Waals surface area contributed by atoms with E-state index in [1.807, 2.05) is 0 Å². The average Bonchev–Trinajstić information content (AvgIpc) is 2.69. The van der Waals surface area contributed by atoms with E-state index in [4.69, 9.17) is 0 Å². The SMILES string of the molecule is CC1NN(C)C(=O)C1=C(O)c1ccc(C(F)(F)F)cc1S(C)(=O)=O. The molecule has 0 aliphatic carbocycles. The molecule has 1 aliphatic heterocycles. The molecule has 0 spiro atoms. The largest absolute Gasteiger partial charge is 0.507 e. The van der Waals surface area contributed by atoms with Crippen molar-refractivity contribution in [1.29, 1.82) is 0 Å². The lowest BCUT2D eigenvalue weighted by Crippen LogP contribution is -2.32. The van der Waals surface area contributed by atoms with Crippen molar-refractivity contribution >= 4 is 21.5 Å². The molecule has 132 valence electrons. The van der Waals surface area contributed by atoms with Crippen LogP contribution in [0.25, 0.3) is 5.76 Å². The maximum atomic E-state index is 12.8. The molecule has 0 aromatic heterocycles. The van der Waals surface area contributed by atoms with E-state index in [9.17, 15) is 31.5 Å². The Morgan fingerprint density at radius 2 is 1.92 bits per heavy atom. The Bertz CT molecular complexity index is 831. The number of benzene rings is 1. The molecule has 24 heavy (non-hydrogen) atoms. The van der Waals surface area contributed by atoms with Gasteiger partial charge in [0.15, 0.2) is 9.84 Å². The molecule has 1 aliphatic rings. The van der Waals surface area contributed by atoms with Crippen LogP contribution in [0.3, 0.4) is 0 Å². The number of hydrogen-bond acceptors (Lipinski definition) is 5. The minimum Gasteiger partial charge on any atom is -0.507 e. The molecule has 0 bridgehead atoms. The maximum Gasteiger partial charge on any atom is 0.416 e. The van der Waals surface area contributed by atoms with Gasteiger partial charge in [-0.3, -0.25) is 9.80 Å². The number of hydrogen-bond donors (Lipinski definition) is 2. The first-order valence-corrected chi connectivity index (χ1v) is 8.62. The van der Waals surface area contributed by atoms with Crippen LogP contribution < -0.4 is 5.43 Å². The van der Waals surface area contributed by atoms with Crippen LogP contribution in [0.15, 0.2) is 28.7 Å². The fourth-order valence-electron chi connectivity index (χ4n) is 2.43. The third kappa shape index (κ3) is 3.24. The van der Waals surface area contributed by atoms with Gasteiger partial charge in [0.2, 0.25) is 0 Å². The van der Waals surface area contributed by atoms with Crippen LogP contribution in [-0.4, -0.2) is 43.8 Å². The van der Waals surface area contributed by atoms with Gasteiger partial charge in [-0.1, -0.05) is 0 Å². The number of carbonyl (C=O) groups is 1. The number of halogens is 3. The van der Waals surface area contributed by atoms with Crippen molar-refractivity contribution in [3.8, 4) is 0 Å². The highest BCUT2D eigenvalue weighted by Crippen LogP contribution is 2.35. The smallest absolute Gasteiger partial charge is 0.416 e. The van der Waals surface area contributed by atoms with Gasteiger partial charge >= 0.3 is 6.18 Å². The number of carbonyl (C=O) groups excluding carboxylic acids is 1. The zero-order chi connectivity index (χ0) is 18.4. The highest BCUT2D eigenvalue weighted by Gasteiger charge is 2.36. The molecular weight excluding hydrogens is 349 g/mol. The fourth-order valence-corrected chi connectivity index (χ4v) is 3.34. The summed E-state index contributed by atoms with van der Waals surface area (Å²) in [7, 11) is -2.67. The van der Waals surface area contributed by atoms with Crippen LogP contribution in [0, 0.1) is 0 Å². The van der Waals surface area contributed by atoms with Gasteiger partial charge in [-0.05, 0) is 25.1 Å². The first kappa shape index (κ1) is 18.3. The third-order valence-corrected chi connectivity index (χ3v) is 4.71. The summed E-state index contributed by atoms with van der Waals surface area (Å²) in [4.78, 5) is 11.3. The molecule has 10 heteroatoms. The Hall–Kier alpha value is -2.07. The summed E-state index contributed by atoms with van der Waals surface area (Å²) in [5, 5.41) is 11.5. The van der Waals surface area contributed by atoms with Gasteiger partial charge in [0, 0.05) is 18.9 Å². The second-order valence-corrected chi connectivity index (χ2v) is 7.44. The zero-order valence-electron chi connectivity index (χ0n) is 13.0. The second-order valence-electron chi connectivity index (χ2n) is 5.46. The predicted molar refractivity (Wildman–Crippen MR) is 79.5 cm³/mol.